The standard InChI is InChI=1S/C10H18O/c1-8-4-3-5-10(6-8)9(2)7-11/h7-10H,3-6H2,1-2H3. The fraction of sp³-hybridized carbons (Fsp3) is 0.900. The average Bonchev–Trinajstić information content (AvgIpc) is 2.03. The lowest BCUT2D eigenvalue weighted by molar-refractivity contribution is -0.112. The van der Waals surface area contributed by atoms with Crippen molar-refractivity contribution in [2.75, 3.05) is 0 Å². The van der Waals surface area contributed by atoms with Crippen molar-refractivity contribution in [3.05, 3.63) is 0 Å². The zero-order valence-corrected chi connectivity index (χ0v) is 7.55. The zero-order chi connectivity index (χ0) is 8.27. The molecule has 0 heterocycles. The highest BCUT2D eigenvalue weighted by molar-refractivity contribution is 5.53. The summed E-state index contributed by atoms with van der Waals surface area (Å²) in [6, 6.07) is 0. The molecule has 1 saturated carbocycles. The molecule has 11 heavy (non-hydrogen) atoms. The molecule has 0 aliphatic heterocycles. The lowest BCUT2D eigenvalue weighted by Crippen LogP contribution is -2.20. The molecule has 0 N–H and O–H groups in total. The summed E-state index contributed by atoms with van der Waals surface area (Å²) < 4.78 is 0. The van der Waals surface area contributed by atoms with Crippen molar-refractivity contribution in [1.82, 2.24) is 0 Å². The second kappa shape index (κ2) is 3.89. The molecular formula is C10H18O. The van der Waals surface area contributed by atoms with Crippen LogP contribution in [-0.4, -0.2) is 6.29 Å². The molecule has 0 bridgehead atoms. The zero-order valence-electron chi connectivity index (χ0n) is 7.55. The summed E-state index contributed by atoms with van der Waals surface area (Å²) in [5, 5.41) is 0. The molecule has 3 unspecified atom stereocenters. The van der Waals surface area contributed by atoms with Crippen LogP contribution >= 0.6 is 0 Å². The van der Waals surface area contributed by atoms with Crippen molar-refractivity contribution < 1.29 is 4.79 Å². The van der Waals surface area contributed by atoms with Gasteiger partial charge in [-0.25, -0.2) is 0 Å². The molecule has 1 aliphatic carbocycles. The van der Waals surface area contributed by atoms with Gasteiger partial charge in [0, 0.05) is 5.92 Å². The Morgan fingerprint density at radius 3 is 2.73 bits per heavy atom. The molecule has 0 amide bonds. The Labute approximate surface area is 69.2 Å². The predicted octanol–water partition coefficient (Wildman–Crippen LogP) is 2.65. The van der Waals surface area contributed by atoms with Gasteiger partial charge in [0.05, 0.1) is 0 Å². The van der Waals surface area contributed by atoms with Crippen molar-refractivity contribution in [3.63, 3.8) is 0 Å². The highest BCUT2D eigenvalue weighted by Crippen LogP contribution is 2.32. The number of aldehydes is 1. The van der Waals surface area contributed by atoms with E-state index in [1.54, 1.807) is 0 Å². The molecule has 0 saturated heterocycles. The molecular weight excluding hydrogens is 136 g/mol. The first-order chi connectivity index (χ1) is 5.24. The number of carbonyl (C=O) groups is 1. The summed E-state index contributed by atoms with van der Waals surface area (Å²) in [4.78, 5) is 10.5. The van der Waals surface area contributed by atoms with E-state index in [0.717, 1.165) is 12.2 Å². The topological polar surface area (TPSA) is 17.1 Å². The van der Waals surface area contributed by atoms with E-state index in [1.165, 1.54) is 25.7 Å². The minimum Gasteiger partial charge on any atom is -0.303 e. The molecule has 64 valence electrons. The van der Waals surface area contributed by atoms with Crippen LogP contribution in [0.25, 0.3) is 0 Å². The van der Waals surface area contributed by atoms with Crippen molar-refractivity contribution in [2.24, 2.45) is 17.8 Å². The first kappa shape index (κ1) is 8.76. The van der Waals surface area contributed by atoms with Crippen molar-refractivity contribution in [3.8, 4) is 0 Å². The smallest absolute Gasteiger partial charge is 0.123 e. The van der Waals surface area contributed by atoms with Crippen LogP contribution in [0.3, 0.4) is 0 Å². The fourth-order valence-electron chi connectivity index (χ4n) is 2.07. The third kappa shape index (κ3) is 2.32. The largest absolute Gasteiger partial charge is 0.303 e. The van der Waals surface area contributed by atoms with Gasteiger partial charge in [-0.3, -0.25) is 0 Å². The van der Waals surface area contributed by atoms with E-state index in [9.17, 15) is 4.79 Å². The predicted molar refractivity (Wildman–Crippen MR) is 46.4 cm³/mol. The minimum absolute atomic E-state index is 0.290. The third-order valence-corrected chi connectivity index (χ3v) is 2.94. The maximum atomic E-state index is 10.5. The van der Waals surface area contributed by atoms with E-state index < -0.39 is 0 Å². The molecule has 1 fully saturated rings. The summed E-state index contributed by atoms with van der Waals surface area (Å²) in [5.74, 6) is 1.81. The van der Waals surface area contributed by atoms with Crippen molar-refractivity contribution in [1.29, 1.82) is 0 Å². The van der Waals surface area contributed by atoms with E-state index in [4.69, 9.17) is 0 Å². The van der Waals surface area contributed by atoms with Gasteiger partial charge in [0.25, 0.3) is 0 Å². The first-order valence-electron chi connectivity index (χ1n) is 4.69. The van der Waals surface area contributed by atoms with Gasteiger partial charge in [-0.1, -0.05) is 26.7 Å². The molecule has 3 atom stereocenters. The van der Waals surface area contributed by atoms with Gasteiger partial charge in [0.1, 0.15) is 6.29 Å². The summed E-state index contributed by atoms with van der Waals surface area (Å²) in [6.07, 6.45) is 6.33. The quantitative estimate of drug-likeness (QED) is 0.559. The summed E-state index contributed by atoms with van der Waals surface area (Å²) in [7, 11) is 0. The normalized spacial score (nSPS) is 34.7. The van der Waals surface area contributed by atoms with Gasteiger partial charge in [0.15, 0.2) is 0 Å². The van der Waals surface area contributed by atoms with Gasteiger partial charge < -0.3 is 4.79 Å². The number of rotatable bonds is 2. The lowest BCUT2D eigenvalue weighted by atomic mass is 9.77. The molecule has 1 heteroatoms. The Morgan fingerprint density at radius 1 is 1.45 bits per heavy atom. The summed E-state index contributed by atoms with van der Waals surface area (Å²) in [5.41, 5.74) is 0. The van der Waals surface area contributed by atoms with E-state index in [2.05, 4.69) is 13.8 Å². The Balaban J connectivity index is 2.38. The molecule has 0 aromatic carbocycles. The van der Waals surface area contributed by atoms with Crippen LogP contribution in [0.15, 0.2) is 0 Å². The summed E-state index contributed by atoms with van der Waals surface area (Å²) >= 11 is 0. The number of carbonyl (C=O) groups excluding carboxylic acids is 1. The fourth-order valence-corrected chi connectivity index (χ4v) is 2.07. The van der Waals surface area contributed by atoms with E-state index in [1.807, 2.05) is 0 Å². The maximum absolute atomic E-state index is 10.5. The number of hydrogen-bond donors (Lipinski definition) is 0. The van der Waals surface area contributed by atoms with Crippen LogP contribution in [0, 0.1) is 17.8 Å². The Morgan fingerprint density at radius 2 is 2.18 bits per heavy atom. The SMILES string of the molecule is CC1CCCC(C(C)C=O)C1. The first-order valence-corrected chi connectivity index (χ1v) is 4.69. The van der Waals surface area contributed by atoms with Gasteiger partial charge in [-0.05, 0) is 24.7 Å². The average molecular weight is 154 g/mol. The molecule has 0 radical (unpaired) electrons. The Kier molecular flexibility index (Phi) is 3.10. The second-order valence-electron chi connectivity index (χ2n) is 4.03. The Bertz CT molecular complexity index is 131. The highest BCUT2D eigenvalue weighted by Gasteiger charge is 2.22. The van der Waals surface area contributed by atoms with Gasteiger partial charge in [-0.2, -0.15) is 0 Å². The van der Waals surface area contributed by atoms with E-state index >= 15 is 0 Å². The van der Waals surface area contributed by atoms with Crippen molar-refractivity contribution >= 4 is 6.29 Å². The van der Waals surface area contributed by atoms with Crippen LogP contribution in [0.4, 0.5) is 0 Å². The van der Waals surface area contributed by atoms with E-state index in [-0.39, 0.29) is 5.92 Å². The molecule has 0 spiro atoms. The van der Waals surface area contributed by atoms with Crippen LogP contribution in [-0.2, 0) is 4.79 Å². The molecule has 1 rings (SSSR count). The molecule has 1 aliphatic rings. The van der Waals surface area contributed by atoms with Crippen LogP contribution in [0.1, 0.15) is 39.5 Å². The molecule has 1 nitrogen and oxygen atoms in total. The van der Waals surface area contributed by atoms with Crippen LogP contribution in [0.5, 0.6) is 0 Å². The summed E-state index contributed by atoms with van der Waals surface area (Å²) in [6.45, 7) is 4.35. The van der Waals surface area contributed by atoms with Crippen LogP contribution in [0.2, 0.25) is 0 Å². The maximum Gasteiger partial charge on any atom is 0.123 e. The van der Waals surface area contributed by atoms with Gasteiger partial charge in [-0.15, -0.1) is 0 Å². The van der Waals surface area contributed by atoms with Crippen LogP contribution < -0.4 is 0 Å². The van der Waals surface area contributed by atoms with Crippen molar-refractivity contribution in [2.45, 2.75) is 39.5 Å². The number of hydrogen-bond acceptors (Lipinski definition) is 1. The van der Waals surface area contributed by atoms with Gasteiger partial charge in [0.2, 0.25) is 0 Å². The van der Waals surface area contributed by atoms with Gasteiger partial charge >= 0.3 is 0 Å². The van der Waals surface area contributed by atoms with E-state index in [0.29, 0.717) is 5.92 Å². The third-order valence-electron chi connectivity index (χ3n) is 2.94. The Hall–Kier alpha value is -0.330. The minimum atomic E-state index is 0.290. The monoisotopic (exact) mass is 154 g/mol. The molecule has 0 aromatic heterocycles. The second-order valence-corrected chi connectivity index (χ2v) is 4.03. The lowest BCUT2D eigenvalue weighted by Gasteiger charge is -2.28. The molecule has 0 aromatic rings. The highest BCUT2D eigenvalue weighted by atomic mass is 16.1.